The number of hydrogen-bond acceptors (Lipinski definition) is 6. The minimum Gasteiger partial charge on any atom is -0.383 e. The lowest BCUT2D eigenvalue weighted by Gasteiger charge is -2.26. The Balaban J connectivity index is 1.68. The predicted octanol–water partition coefficient (Wildman–Crippen LogP) is 0.520. The van der Waals surface area contributed by atoms with Crippen LogP contribution in [0.25, 0.3) is 0 Å². The number of hydrogen-bond donors (Lipinski definition) is 1. The van der Waals surface area contributed by atoms with E-state index >= 15 is 0 Å². The number of fused-ring (bicyclic) bond motifs is 1. The molecule has 0 unspecified atom stereocenters. The molecular weight excluding hydrogens is 326 g/mol. The molecule has 1 aliphatic rings. The Morgan fingerprint density at radius 1 is 1.40 bits per heavy atom. The van der Waals surface area contributed by atoms with Crippen LogP contribution in [0.5, 0.6) is 0 Å². The van der Waals surface area contributed by atoms with Gasteiger partial charge in [-0.2, -0.15) is 0 Å². The fraction of sp³-hybridized carbons (Fsp3) is 0.500. The molecule has 2 aromatic heterocycles. The summed E-state index contributed by atoms with van der Waals surface area (Å²) in [7, 11) is 1.59. The largest absolute Gasteiger partial charge is 0.383 e. The predicted molar refractivity (Wildman–Crippen MR) is 87.2 cm³/mol. The number of rotatable bonds is 6. The van der Waals surface area contributed by atoms with E-state index in [-0.39, 0.29) is 23.3 Å². The van der Waals surface area contributed by atoms with Crippen molar-refractivity contribution in [3.05, 3.63) is 34.7 Å². The number of nitrogens with one attached hydrogen (secondary N) is 1. The monoisotopic (exact) mass is 347 g/mol. The summed E-state index contributed by atoms with van der Waals surface area (Å²) in [5, 5.41) is 6.65. The minimum atomic E-state index is -0.335. The van der Waals surface area contributed by atoms with Crippen LogP contribution in [0, 0.1) is 13.8 Å². The first kappa shape index (κ1) is 17.2. The van der Waals surface area contributed by atoms with E-state index in [0.29, 0.717) is 38.5 Å². The Morgan fingerprint density at radius 3 is 2.88 bits per heavy atom. The molecule has 9 heteroatoms. The lowest BCUT2D eigenvalue weighted by Crippen LogP contribution is -2.42. The first-order chi connectivity index (χ1) is 12.0. The van der Waals surface area contributed by atoms with Crippen LogP contribution in [0.3, 0.4) is 0 Å². The van der Waals surface area contributed by atoms with Gasteiger partial charge in [-0.1, -0.05) is 5.16 Å². The molecule has 1 N–H and O–H groups in total. The maximum atomic E-state index is 12.4. The third-order valence-corrected chi connectivity index (χ3v) is 4.27. The summed E-state index contributed by atoms with van der Waals surface area (Å²) < 4.78 is 11.8. The second-order valence-corrected chi connectivity index (χ2v) is 5.91. The van der Waals surface area contributed by atoms with Gasteiger partial charge in [0.15, 0.2) is 5.82 Å². The van der Waals surface area contributed by atoms with Crippen molar-refractivity contribution in [1.82, 2.24) is 24.9 Å². The van der Waals surface area contributed by atoms with Crippen molar-refractivity contribution < 1.29 is 18.8 Å². The Labute approximate surface area is 144 Å². The van der Waals surface area contributed by atoms with Crippen molar-refractivity contribution in [2.75, 3.05) is 26.8 Å². The summed E-state index contributed by atoms with van der Waals surface area (Å²) in [6.45, 7) is 6.08. The molecule has 134 valence electrons. The van der Waals surface area contributed by atoms with Gasteiger partial charge < -0.3 is 24.0 Å². The van der Waals surface area contributed by atoms with E-state index in [9.17, 15) is 9.59 Å². The van der Waals surface area contributed by atoms with Gasteiger partial charge in [0, 0.05) is 45.0 Å². The summed E-state index contributed by atoms with van der Waals surface area (Å²) in [5.41, 5.74) is 1.81. The SMILES string of the molecule is COCCN1CCn2cc(C(=O)NCc3c(C)noc3C)nc2C1=O. The average molecular weight is 347 g/mol. The van der Waals surface area contributed by atoms with E-state index in [1.165, 1.54) is 0 Å². The molecule has 3 rings (SSSR count). The van der Waals surface area contributed by atoms with Gasteiger partial charge in [0.1, 0.15) is 11.5 Å². The summed E-state index contributed by atoms with van der Waals surface area (Å²) in [6.07, 6.45) is 1.61. The zero-order valence-electron chi connectivity index (χ0n) is 14.5. The molecule has 0 bridgehead atoms. The number of nitrogens with zero attached hydrogens (tertiary/aromatic N) is 4. The highest BCUT2D eigenvalue weighted by molar-refractivity contribution is 5.96. The second-order valence-electron chi connectivity index (χ2n) is 5.91. The van der Waals surface area contributed by atoms with Crippen LogP contribution in [0.2, 0.25) is 0 Å². The summed E-state index contributed by atoms with van der Waals surface area (Å²) in [5.74, 6) is 0.432. The highest BCUT2D eigenvalue weighted by Gasteiger charge is 2.28. The van der Waals surface area contributed by atoms with Crippen LogP contribution in [0.15, 0.2) is 10.7 Å². The summed E-state index contributed by atoms with van der Waals surface area (Å²) >= 11 is 0. The smallest absolute Gasteiger partial charge is 0.290 e. The molecule has 2 aromatic rings. The quantitative estimate of drug-likeness (QED) is 0.817. The fourth-order valence-electron chi connectivity index (χ4n) is 2.77. The Bertz CT molecular complexity index is 775. The Morgan fingerprint density at radius 2 is 2.20 bits per heavy atom. The number of methoxy groups -OCH3 is 1. The molecule has 0 atom stereocenters. The van der Waals surface area contributed by atoms with Crippen molar-refractivity contribution >= 4 is 11.8 Å². The van der Waals surface area contributed by atoms with Crippen LogP contribution in [-0.4, -0.2) is 58.2 Å². The Hall–Kier alpha value is -2.68. The number of imidazole rings is 1. The van der Waals surface area contributed by atoms with Gasteiger partial charge in [-0.3, -0.25) is 9.59 Å². The van der Waals surface area contributed by atoms with Gasteiger partial charge in [-0.15, -0.1) is 0 Å². The van der Waals surface area contributed by atoms with Crippen LogP contribution in [0.4, 0.5) is 0 Å². The molecule has 2 amide bonds. The van der Waals surface area contributed by atoms with E-state index in [1.807, 2.05) is 6.92 Å². The number of ether oxygens (including phenoxy) is 1. The van der Waals surface area contributed by atoms with E-state index in [2.05, 4.69) is 15.5 Å². The van der Waals surface area contributed by atoms with E-state index in [0.717, 1.165) is 11.3 Å². The van der Waals surface area contributed by atoms with Crippen LogP contribution >= 0.6 is 0 Å². The van der Waals surface area contributed by atoms with Gasteiger partial charge in [-0.05, 0) is 13.8 Å². The topological polar surface area (TPSA) is 102 Å². The second kappa shape index (κ2) is 7.06. The molecule has 25 heavy (non-hydrogen) atoms. The molecule has 0 aromatic carbocycles. The van der Waals surface area contributed by atoms with Crippen molar-refractivity contribution in [3.8, 4) is 0 Å². The standard InChI is InChI=1S/C16H21N5O4/c1-10-12(11(2)25-19-10)8-17-15(22)13-9-21-5-4-20(6-7-24-3)16(23)14(21)18-13/h9H,4-8H2,1-3H3,(H,17,22). The molecule has 0 fully saturated rings. The van der Waals surface area contributed by atoms with Crippen molar-refractivity contribution in [2.45, 2.75) is 26.9 Å². The molecule has 0 spiro atoms. The number of carbonyl (C=O) groups excluding carboxylic acids is 2. The van der Waals surface area contributed by atoms with Crippen LogP contribution in [0.1, 0.15) is 38.1 Å². The summed E-state index contributed by atoms with van der Waals surface area (Å²) in [6, 6.07) is 0. The Kier molecular flexibility index (Phi) is 4.84. The van der Waals surface area contributed by atoms with Gasteiger partial charge >= 0.3 is 0 Å². The highest BCUT2D eigenvalue weighted by atomic mass is 16.5. The van der Waals surface area contributed by atoms with Gasteiger partial charge in [-0.25, -0.2) is 4.98 Å². The van der Waals surface area contributed by atoms with Gasteiger partial charge in [0.2, 0.25) is 0 Å². The highest BCUT2D eigenvalue weighted by Crippen LogP contribution is 2.14. The minimum absolute atomic E-state index is 0.187. The maximum Gasteiger partial charge on any atom is 0.290 e. The number of aryl methyl sites for hydroxylation is 2. The van der Waals surface area contributed by atoms with E-state index in [4.69, 9.17) is 9.26 Å². The summed E-state index contributed by atoms with van der Waals surface area (Å²) in [4.78, 5) is 30.7. The first-order valence-electron chi connectivity index (χ1n) is 8.06. The molecule has 0 saturated carbocycles. The lowest BCUT2D eigenvalue weighted by molar-refractivity contribution is 0.0633. The third kappa shape index (κ3) is 3.41. The molecule has 0 saturated heterocycles. The van der Waals surface area contributed by atoms with Crippen LogP contribution < -0.4 is 5.32 Å². The zero-order chi connectivity index (χ0) is 18.0. The fourth-order valence-corrected chi connectivity index (χ4v) is 2.77. The molecule has 1 aliphatic heterocycles. The van der Waals surface area contributed by atoms with E-state index < -0.39 is 0 Å². The van der Waals surface area contributed by atoms with Gasteiger partial charge in [0.25, 0.3) is 11.8 Å². The number of aromatic nitrogens is 3. The normalized spacial score (nSPS) is 13.9. The maximum absolute atomic E-state index is 12.4. The van der Waals surface area contributed by atoms with Crippen molar-refractivity contribution in [2.24, 2.45) is 0 Å². The van der Waals surface area contributed by atoms with Crippen molar-refractivity contribution in [3.63, 3.8) is 0 Å². The zero-order valence-corrected chi connectivity index (χ0v) is 14.5. The van der Waals surface area contributed by atoms with E-state index in [1.54, 1.807) is 29.7 Å². The lowest BCUT2D eigenvalue weighted by atomic mass is 10.2. The third-order valence-electron chi connectivity index (χ3n) is 4.27. The number of amides is 2. The molecular formula is C16H21N5O4. The molecule has 9 nitrogen and oxygen atoms in total. The molecule has 0 aliphatic carbocycles. The molecule has 0 radical (unpaired) electrons. The average Bonchev–Trinajstić information content (AvgIpc) is 3.17. The molecule has 3 heterocycles. The number of carbonyl (C=O) groups is 2. The first-order valence-corrected chi connectivity index (χ1v) is 8.06. The van der Waals surface area contributed by atoms with Crippen LogP contribution in [-0.2, 0) is 17.8 Å². The van der Waals surface area contributed by atoms with Gasteiger partial charge in [0.05, 0.1) is 12.3 Å². The van der Waals surface area contributed by atoms with Crippen molar-refractivity contribution in [1.29, 1.82) is 0 Å².